The number of para-hydroxylation sites is 1. The first-order valence-electron chi connectivity index (χ1n) is 6.71. The van der Waals surface area contributed by atoms with Gasteiger partial charge >= 0.3 is 0 Å². The predicted molar refractivity (Wildman–Crippen MR) is 80.3 cm³/mol. The number of amides is 1. The summed E-state index contributed by atoms with van der Waals surface area (Å²) in [5, 5.41) is 0.341. The van der Waals surface area contributed by atoms with E-state index in [0.717, 1.165) is 18.5 Å². The number of aromatic nitrogens is 1. The molecule has 0 radical (unpaired) electrons. The molecule has 1 atom stereocenters. The van der Waals surface area contributed by atoms with Crippen LogP contribution in [0.25, 0.3) is 0 Å². The summed E-state index contributed by atoms with van der Waals surface area (Å²) < 4.78 is 0. The summed E-state index contributed by atoms with van der Waals surface area (Å²) in [4.78, 5) is 18.7. The molecule has 0 aliphatic carbocycles. The van der Waals surface area contributed by atoms with Gasteiger partial charge < -0.3 is 4.90 Å². The number of halogens is 1. The second kappa shape index (κ2) is 5.25. The Balaban J connectivity index is 2.03. The minimum Gasteiger partial charge on any atom is -0.304 e. The molecule has 0 saturated heterocycles. The number of carbonyl (C=O) groups excluding carboxylic acids is 1. The van der Waals surface area contributed by atoms with E-state index in [2.05, 4.69) is 18.0 Å². The van der Waals surface area contributed by atoms with Crippen LogP contribution in [0.5, 0.6) is 0 Å². The number of benzene rings is 1. The van der Waals surface area contributed by atoms with E-state index in [-0.39, 0.29) is 11.9 Å². The van der Waals surface area contributed by atoms with Gasteiger partial charge in [-0.25, -0.2) is 4.98 Å². The van der Waals surface area contributed by atoms with Crippen molar-refractivity contribution in [3.05, 3.63) is 58.9 Å². The van der Waals surface area contributed by atoms with Gasteiger partial charge in [0.2, 0.25) is 0 Å². The van der Waals surface area contributed by atoms with E-state index in [1.807, 2.05) is 23.1 Å². The summed E-state index contributed by atoms with van der Waals surface area (Å²) >= 11 is 5.88. The van der Waals surface area contributed by atoms with E-state index in [9.17, 15) is 4.79 Å². The summed E-state index contributed by atoms with van der Waals surface area (Å²) in [6, 6.07) is 13.3. The van der Waals surface area contributed by atoms with Crippen molar-refractivity contribution in [2.24, 2.45) is 0 Å². The van der Waals surface area contributed by atoms with Gasteiger partial charge in [-0.05, 0) is 43.5 Å². The lowest BCUT2D eigenvalue weighted by atomic mass is 9.96. The molecule has 0 fully saturated rings. The molecule has 1 aliphatic heterocycles. The lowest BCUT2D eigenvalue weighted by molar-refractivity contribution is 0.0970. The molecule has 1 unspecified atom stereocenters. The lowest BCUT2D eigenvalue weighted by Gasteiger charge is -2.35. The first-order valence-corrected chi connectivity index (χ1v) is 7.08. The van der Waals surface area contributed by atoms with E-state index in [0.29, 0.717) is 10.8 Å². The second-order valence-corrected chi connectivity index (χ2v) is 5.42. The number of aryl methyl sites for hydroxylation is 1. The highest BCUT2D eigenvalue weighted by Gasteiger charge is 2.29. The molecule has 0 bridgehead atoms. The van der Waals surface area contributed by atoms with Crippen molar-refractivity contribution in [3.8, 4) is 0 Å². The van der Waals surface area contributed by atoms with Crippen LogP contribution in [0.15, 0.2) is 42.5 Å². The first kappa shape index (κ1) is 13.1. The molecular weight excluding hydrogens is 272 g/mol. The maximum atomic E-state index is 12.7. The van der Waals surface area contributed by atoms with E-state index < -0.39 is 0 Å². The van der Waals surface area contributed by atoms with Crippen LogP contribution in [0, 0.1) is 0 Å². The van der Waals surface area contributed by atoms with Crippen molar-refractivity contribution in [2.45, 2.75) is 25.8 Å². The van der Waals surface area contributed by atoms with Gasteiger partial charge in [-0.2, -0.15) is 0 Å². The largest absolute Gasteiger partial charge is 0.304 e. The summed E-state index contributed by atoms with van der Waals surface area (Å²) in [5.74, 6) is -0.0906. The van der Waals surface area contributed by atoms with Crippen molar-refractivity contribution in [3.63, 3.8) is 0 Å². The Kier molecular flexibility index (Phi) is 3.45. The highest BCUT2D eigenvalue weighted by molar-refractivity contribution is 6.29. The smallest absolute Gasteiger partial charge is 0.277 e. The monoisotopic (exact) mass is 286 g/mol. The topological polar surface area (TPSA) is 33.2 Å². The molecule has 3 rings (SSSR count). The first-order chi connectivity index (χ1) is 9.66. The van der Waals surface area contributed by atoms with Gasteiger partial charge in [0.25, 0.3) is 5.91 Å². The molecule has 0 saturated carbocycles. The van der Waals surface area contributed by atoms with Crippen LogP contribution in [0.1, 0.15) is 29.4 Å². The molecule has 20 heavy (non-hydrogen) atoms. The van der Waals surface area contributed by atoms with Crippen LogP contribution in [0.2, 0.25) is 5.15 Å². The molecule has 1 aromatic heterocycles. The van der Waals surface area contributed by atoms with Crippen LogP contribution in [-0.2, 0) is 6.42 Å². The van der Waals surface area contributed by atoms with Crippen LogP contribution in [0.4, 0.5) is 5.69 Å². The molecule has 4 heteroatoms. The fourth-order valence-corrected chi connectivity index (χ4v) is 2.81. The number of rotatable bonds is 1. The summed E-state index contributed by atoms with van der Waals surface area (Å²) in [7, 11) is 0. The van der Waals surface area contributed by atoms with Gasteiger partial charge in [0.1, 0.15) is 10.8 Å². The number of anilines is 1. The summed E-state index contributed by atoms with van der Waals surface area (Å²) in [6.07, 6.45) is 1.97. The Morgan fingerprint density at radius 3 is 2.85 bits per heavy atom. The minimum absolute atomic E-state index is 0.0906. The number of carbonyl (C=O) groups is 1. The third-order valence-corrected chi connectivity index (χ3v) is 3.89. The fraction of sp³-hybridized carbons (Fsp3) is 0.250. The van der Waals surface area contributed by atoms with Crippen LogP contribution in [-0.4, -0.2) is 16.9 Å². The van der Waals surface area contributed by atoms with Gasteiger partial charge in [0, 0.05) is 11.7 Å². The number of nitrogens with zero attached hydrogens (tertiary/aromatic N) is 2. The Morgan fingerprint density at radius 2 is 2.05 bits per heavy atom. The van der Waals surface area contributed by atoms with Gasteiger partial charge in [-0.3, -0.25) is 4.79 Å². The molecule has 2 heterocycles. The predicted octanol–water partition coefficient (Wildman–Crippen LogP) is 3.72. The summed E-state index contributed by atoms with van der Waals surface area (Å²) in [5.41, 5.74) is 2.58. The molecule has 2 aromatic rings. The summed E-state index contributed by atoms with van der Waals surface area (Å²) in [6.45, 7) is 2.07. The highest BCUT2D eigenvalue weighted by atomic mass is 35.5. The maximum absolute atomic E-state index is 12.7. The molecule has 0 N–H and O–H groups in total. The molecule has 0 spiro atoms. The van der Waals surface area contributed by atoms with Crippen molar-refractivity contribution in [1.29, 1.82) is 0 Å². The Hall–Kier alpha value is -1.87. The molecule has 1 aliphatic rings. The van der Waals surface area contributed by atoms with Crippen LogP contribution in [0.3, 0.4) is 0 Å². The minimum atomic E-state index is -0.0906. The van der Waals surface area contributed by atoms with E-state index >= 15 is 0 Å². The molecule has 102 valence electrons. The SMILES string of the molecule is CC1CCc2ccccc2N1C(=O)c1cccc(Cl)n1. The zero-order chi connectivity index (χ0) is 14.1. The maximum Gasteiger partial charge on any atom is 0.277 e. The van der Waals surface area contributed by atoms with Gasteiger partial charge in [-0.15, -0.1) is 0 Å². The van der Waals surface area contributed by atoms with E-state index in [1.165, 1.54) is 5.56 Å². The average Bonchev–Trinajstić information content (AvgIpc) is 2.46. The Labute approximate surface area is 123 Å². The lowest BCUT2D eigenvalue weighted by Crippen LogP contribution is -2.42. The standard InChI is InChI=1S/C16H15ClN2O/c1-11-9-10-12-5-2-3-7-14(12)19(11)16(20)13-6-4-8-15(17)18-13/h2-8,11H,9-10H2,1H3. The van der Waals surface area contributed by atoms with Gasteiger partial charge in [-0.1, -0.05) is 35.9 Å². The van der Waals surface area contributed by atoms with Crippen molar-refractivity contribution in [1.82, 2.24) is 4.98 Å². The molecule has 1 amide bonds. The number of pyridine rings is 1. The van der Waals surface area contributed by atoms with E-state index in [1.54, 1.807) is 18.2 Å². The quantitative estimate of drug-likeness (QED) is 0.749. The van der Waals surface area contributed by atoms with Gasteiger partial charge in [0.15, 0.2) is 0 Å². The molecular formula is C16H15ClN2O. The zero-order valence-electron chi connectivity index (χ0n) is 11.2. The second-order valence-electron chi connectivity index (χ2n) is 5.04. The van der Waals surface area contributed by atoms with E-state index in [4.69, 9.17) is 11.6 Å². The number of hydrogen-bond acceptors (Lipinski definition) is 2. The van der Waals surface area contributed by atoms with Crippen LogP contribution < -0.4 is 4.90 Å². The average molecular weight is 287 g/mol. The Morgan fingerprint density at radius 1 is 1.25 bits per heavy atom. The van der Waals surface area contributed by atoms with Crippen molar-refractivity contribution >= 4 is 23.2 Å². The van der Waals surface area contributed by atoms with Gasteiger partial charge in [0.05, 0.1) is 0 Å². The molecule has 3 nitrogen and oxygen atoms in total. The zero-order valence-corrected chi connectivity index (χ0v) is 12.0. The number of fused-ring (bicyclic) bond motifs is 1. The number of hydrogen-bond donors (Lipinski definition) is 0. The third-order valence-electron chi connectivity index (χ3n) is 3.68. The Bertz CT molecular complexity index is 656. The van der Waals surface area contributed by atoms with Crippen molar-refractivity contribution in [2.75, 3.05) is 4.90 Å². The fourth-order valence-electron chi connectivity index (χ4n) is 2.65. The molecule has 1 aromatic carbocycles. The normalized spacial score (nSPS) is 17.7. The highest BCUT2D eigenvalue weighted by Crippen LogP contribution is 2.31. The van der Waals surface area contributed by atoms with Crippen molar-refractivity contribution < 1.29 is 4.79 Å². The third kappa shape index (κ3) is 2.29. The van der Waals surface area contributed by atoms with Crippen LogP contribution >= 0.6 is 11.6 Å².